The van der Waals surface area contributed by atoms with E-state index in [0.29, 0.717) is 0 Å². The summed E-state index contributed by atoms with van der Waals surface area (Å²) >= 11 is 1.71. The Morgan fingerprint density at radius 3 is 1.83 bits per heavy atom. The molecule has 0 bridgehead atoms. The molecule has 0 saturated carbocycles. The molecule has 0 aromatic heterocycles. The number of halogens is 1. The molecule has 1 amide bonds. The van der Waals surface area contributed by atoms with E-state index in [9.17, 15) is 9.59 Å². The van der Waals surface area contributed by atoms with Crippen LogP contribution in [-0.4, -0.2) is 15.7 Å². The zero-order valence-corrected chi connectivity index (χ0v) is 9.93. The van der Waals surface area contributed by atoms with Crippen LogP contribution < -0.4 is 5.32 Å². The first kappa shape index (κ1) is 11.9. The third-order valence-electron chi connectivity index (χ3n) is 1.44. The summed E-state index contributed by atoms with van der Waals surface area (Å²) in [4.78, 5) is 21.8. The van der Waals surface area contributed by atoms with Gasteiger partial charge < -0.3 is 5.32 Å². The number of hydrogen-bond donors (Lipinski definition) is 1. The van der Waals surface area contributed by atoms with Gasteiger partial charge in [0.1, 0.15) is 6.04 Å². The highest BCUT2D eigenvalue weighted by Gasteiger charge is 2.30. The summed E-state index contributed by atoms with van der Waals surface area (Å²) in [6, 6.07) is -0.393. The quantitative estimate of drug-likeness (QED) is 0.616. The topological polar surface area (TPSA) is 46.2 Å². The van der Waals surface area contributed by atoms with Crippen molar-refractivity contribution in [2.24, 2.45) is 5.41 Å². The van der Waals surface area contributed by atoms with Gasteiger partial charge >= 0.3 is 0 Å². The minimum atomic E-state index is -0.393. The highest BCUT2D eigenvalue weighted by molar-refractivity contribution is 14.1. The first-order valence-electron chi connectivity index (χ1n) is 3.71. The zero-order chi connectivity index (χ0) is 9.94. The van der Waals surface area contributed by atoms with E-state index < -0.39 is 6.04 Å². The van der Waals surface area contributed by atoms with Gasteiger partial charge in [-0.15, -0.1) is 0 Å². The lowest BCUT2D eigenvalue weighted by molar-refractivity contribution is -0.124. The largest absolute Gasteiger partial charge is 0.345 e. The Morgan fingerprint density at radius 1 is 1.33 bits per heavy atom. The van der Waals surface area contributed by atoms with Crippen molar-refractivity contribution in [2.45, 2.75) is 33.7 Å². The second-order valence-electron chi connectivity index (χ2n) is 3.80. The number of amides is 1. The van der Waals surface area contributed by atoms with Crippen LogP contribution in [0.25, 0.3) is 0 Å². The minimum absolute atomic E-state index is 0.0321. The van der Waals surface area contributed by atoms with Crippen molar-refractivity contribution in [1.29, 1.82) is 0 Å². The van der Waals surface area contributed by atoms with Crippen molar-refractivity contribution in [1.82, 2.24) is 5.32 Å². The number of hydrogen-bond acceptors (Lipinski definition) is 2. The molecule has 0 rings (SSSR count). The molecule has 0 unspecified atom stereocenters. The van der Waals surface area contributed by atoms with Crippen LogP contribution in [0.4, 0.5) is 0 Å². The van der Waals surface area contributed by atoms with Crippen molar-refractivity contribution >= 4 is 32.3 Å². The molecule has 12 heavy (non-hydrogen) atoms. The Kier molecular flexibility index (Phi) is 4.16. The van der Waals surface area contributed by atoms with E-state index in [0.717, 1.165) is 0 Å². The third-order valence-corrected chi connectivity index (χ3v) is 2.06. The Morgan fingerprint density at radius 2 is 1.75 bits per heavy atom. The lowest BCUT2D eigenvalue weighted by Gasteiger charge is -2.27. The average Bonchev–Trinajstić information content (AvgIpc) is 1.79. The van der Waals surface area contributed by atoms with Gasteiger partial charge in [0.2, 0.25) is 9.70 Å². The highest BCUT2D eigenvalue weighted by Crippen LogP contribution is 2.21. The third kappa shape index (κ3) is 4.04. The van der Waals surface area contributed by atoms with Crippen molar-refractivity contribution in [3.8, 4) is 0 Å². The van der Waals surface area contributed by atoms with Crippen LogP contribution in [0.5, 0.6) is 0 Å². The molecular formula is C8H14INO2. The van der Waals surface area contributed by atoms with E-state index in [2.05, 4.69) is 5.32 Å². The maximum Gasteiger partial charge on any atom is 0.217 e. The van der Waals surface area contributed by atoms with E-state index >= 15 is 0 Å². The molecule has 1 N–H and O–H groups in total. The molecule has 1 atom stereocenters. The van der Waals surface area contributed by atoms with E-state index in [1.807, 2.05) is 20.8 Å². The van der Waals surface area contributed by atoms with Gasteiger partial charge in [0, 0.05) is 29.5 Å². The summed E-state index contributed by atoms with van der Waals surface area (Å²) in [5, 5.41) is 2.62. The molecular weight excluding hydrogens is 269 g/mol. The second kappa shape index (κ2) is 4.20. The summed E-state index contributed by atoms with van der Waals surface area (Å²) in [7, 11) is 0. The number of rotatable bonds is 2. The fourth-order valence-corrected chi connectivity index (χ4v) is 1.91. The summed E-state index contributed by atoms with van der Waals surface area (Å²) in [5.74, 6) is -0.167. The normalized spacial score (nSPS) is 13.8. The van der Waals surface area contributed by atoms with Crippen LogP contribution in [0.2, 0.25) is 0 Å². The molecule has 0 aromatic rings. The Bertz CT molecular complexity index is 196. The Hall–Kier alpha value is -0.130. The summed E-state index contributed by atoms with van der Waals surface area (Å²) < 4.78 is -0.0321. The van der Waals surface area contributed by atoms with Crippen LogP contribution >= 0.6 is 22.6 Å². The molecule has 0 aromatic carbocycles. The predicted octanol–water partition coefficient (Wildman–Crippen LogP) is 1.50. The van der Waals surface area contributed by atoms with Crippen LogP contribution in [-0.2, 0) is 9.59 Å². The molecule has 0 aliphatic heterocycles. The van der Waals surface area contributed by atoms with Crippen molar-refractivity contribution in [3.63, 3.8) is 0 Å². The molecule has 0 radical (unpaired) electrons. The SMILES string of the molecule is CC(=O)N[C@H](C(=O)I)C(C)(C)C. The van der Waals surface area contributed by atoms with Gasteiger partial charge in [-0.2, -0.15) is 0 Å². The zero-order valence-electron chi connectivity index (χ0n) is 7.77. The van der Waals surface area contributed by atoms with Crippen molar-refractivity contribution in [2.75, 3.05) is 0 Å². The molecule has 0 saturated heterocycles. The van der Waals surface area contributed by atoms with Gasteiger partial charge in [-0.25, -0.2) is 0 Å². The lowest BCUT2D eigenvalue weighted by Crippen LogP contribution is -2.46. The average molecular weight is 283 g/mol. The Labute approximate surface area is 86.4 Å². The predicted molar refractivity (Wildman–Crippen MR) is 56.1 cm³/mol. The number of nitrogens with one attached hydrogen (secondary N) is 1. The van der Waals surface area contributed by atoms with Gasteiger partial charge in [-0.1, -0.05) is 20.8 Å². The minimum Gasteiger partial charge on any atom is -0.345 e. The van der Waals surface area contributed by atoms with Gasteiger partial charge in [0.05, 0.1) is 0 Å². The standard InChI is InChI=1S/C8H14INO2/c1-5(11)10-6(7(9)12)8(2,3)4/h6H,1-4H3,(H,10,11)/t6-/m1/s1. The van der Waals surface area contributed by atoms with E-state index in [-0.39, 0.29) is 15.1 Å². The smallest absolute Gasteiger partial charge is 0.217 e. The summed E-state index contributed by atoms with van der Waals surface area (Å²) in [6.07, 6.45) is 0. The first-order valence-corrected chi connectivity index (χ1v) is 4.79. The van der Waals surface area contributed by atoms with Gasteiger partial charge in [0.15, 0.2) is 0 Å². The maximum atomic E-state index is 11.1. The van der Waals surface area contributed by atoms with Crippen molar-refractivity contribution < 1.29 is 9.59 Å². The first-order chi connectivity index (χ1) is 5.25. The summed E-state index contributed by atoms with van der Waals surface area (Å²) in [5.41, 5.74) is -0.218. The van der Waals surface area contributed by atoms with Gasteiger partial charge in [-0.05, 0) is 5.41 Å². The highest BCUT2D eigenvalue weighted by atomic mass is 127. The lowest BCUT2D eigenvalue weighted by atomic mass is 9.88. The van der Waals surface area contributed by atoms with Crippen molar-refractivity contribution in [3.05, 3.63) is 0 Å². The monoisotopic (exact) mass is 283 g/mol. The fourth-order valence-electron chi connectivity index (χ4n) is 0.817. The molecule has 0 aliphatic rings. The number of carbonyl (C=O) groups is 2. The molecule has 0 heterocycles. The number of carbonyl (C=O) groups excluding carboxylic acids is 2. The van der Waals surface area contributed by atoms with E-state index in [4.69, 9.17) is 0 Å². The molecule has 4 heteroatoms. The molecule has 0 fully saturated rings. The van der Waals surface area contributed by atoms with Crippen LogP contribution in [0, 0.1) is 5.41 Å². The fraction of sp³-hybridized carbons (Fsp3) is 0.750. The van der Waals surface area contributed by atoms with Crippen LogP contribution in [0.15, 0.2) is 0 Å². The van der Waals surface area contributed by atoms with E-state index in [1.165, 1.54) is 6.92 Å². The second-order valence-corrected chi connectivity index (χ2v) is 4.87. The Balaban J connectivity index is 4.46. The van der Waals surface area contributed by atoms with Crippen LogP contribution in [0.3, 0.4) is 0 Å². The maximum absolute atomic E-state index is 11.1. The molecule has 3 nitrogen and oxygen atoms in total. The van der Waals surface area contributed by atoms with Crippen LogP contribution in [0.1, 0.15) is 27.7 Å². The molecule has 70 valence electrons. The van der Waals surface area contributed by atoms with Gasteiger partial charge in [0.25, 0.3) is 0 Å². The summed E-state index contributed by atoms with van der Waals surface area (Å²) in [6.45, 7) is 7.18. The van der Waals surface area contributed by atoms with E-state index in [1.54, 1.807) is 22.6 Å². The van der Waals surface area contributed by atoms with Gasteiger partial charge in [-0.3, -0.25) is 9.59 Å². The molecule has 0 aliphatic carbocycles. The molecule has 0 spiro atoms.